The molecule has 1 unspecified atom stereocenters. The van der Waals surface area contributed by atoms with Crippen LogP contribution in [0.3, 0.4) is 0 Å². The van der Waals surface area contributed by atoms with Gasteiger partial charge in [-0.3, -0.25) is 14.9 Å². The monoisotopic (exact) mass is 279 g/mol. The zero-order chi connectivity index (χ0) is 14.5. The van der Waals surface area contributed by atoms with Gasteiger partial charge in [-0.15, -0.1) is 0 Å². The highest BCUT2D eigenvalue weighted by atomic mass is 16.6. The standard InChI is InChI=1S/C13H17N3O4/c1-15(10-2-4-11(5-3-10)16(18)19)13(17)8-12-9-14-6-7-20-12/h2-5,12,14H,6-9H2,1H3. The van der Waals surface area contributed by atoms with Crippen LogP contribution in [0.15, 0.2) is 24.3 Å². The van der Waals surface area contributed by atoms with Crippen LogP contribution in [0.1, 0.15) is 6.42 Å². The number of nitrogens with zero attached hydrogens (tertiary/aromatic N) is 2. The molecule has 1 amide bonds. The second-order valence-electron chi connectivity index (χ2n) is 4.63. The number of nitro benzene ring substituents is 1. The van der Waals surface area contributed by atoms with Crippen LogP contribution in [0.5, 0.6) is 0 Å². The quantitative estimate of drug-likeness (QED) is 0.655. The molecule has 1 aromatic carbocycles. The highest BCUT2D eigenvalue weighted by Gasteiger charge is 2.20. The highest BCUT2D eigenvalue weighted by Crippen LogP contribution is 2.19. The van der Waals surface area contributed by atoms with Crippen LogP contribution >= 0.6 is 0 Å². The van der Waals surface area contributed by atoms with Gasteiger partial charge in [-0.05, 0) is 12.1 Å². The molecule has 1 aromatic rings. The van der Waals surface area contributed by atoms with Crippen molar-refractivity contribution < 1.29 is 14.5 Å². The molecule has 0 spiro atoms. The number of anilines is 1. The molecule has 0 aromatic heterocycles. The summed E-state index contributed by atoms with van der Waals surface area (Å²) < 4.78 is 5.49. The normalized spacial score (nSPS) is 18.6. The third-order valence-corrected chi connectivity index (χ3v) is 3.23. The summed E-state index contributed by atoms with van der Waals surface area (Å²) in [6.45, 7) is 2.09. The van der Waals surface area contributed by atoms with Crippen LogP contribution in [-0.4, -0.2) is 43.7 Å². The van der Waals surface area contributed by atoms with E-state index in [-0.39, 0.29) is 17.7 Å². The Hall–Kier alpha value is -1.99. The van der Waals surface area contributed by atoms with Crippen LogP contribution in [0.2, 0.25) is 0 Å². The molecule has 1 fully saturated rings. The summed E-state index contributed by atoms with van der Waals surface area (Å²) in [6.07, 6.45) is 0.178. The summed E-state index contributed by atoms with van der Waals surface area (Å²) in [5, 5.41) is 13.7. The molecule has 2 rings (SSSR count). The molecule has 1 N–H and O–H groups in total. The summed E-state index contributed by atoms with van der Waals surface area (Å²) in [7, 11) is 1.65. The van der Waals surface area contributed by atoms with Crippen LogP contribution < -0.4 is 10.2 Å². The maximum atomic E-state index is 12.1. The first-order valence-corrected chi connectivity index (χ1v) is 6.41. The second-order valence-corrected chi connectivity index (χ2v) is 4.63. The van der Waals surface area contributed by atoms with E-state index < -0.39 is 4.92 Å². The van der Waals surface area contributed by atoms with E-state index in [2.05, 4.69) is 5.32 Å². The minimum Gasteiger partial charge on any atom is -0.375 e. The van der Waals surface area contributed by atoms with E-state index in [4.69, 9.17) is 4.74 Å². The Morgan fingerprint density at radius 3 is 2.75 bits per heavy atom. The summed E-state index contributed by atoms with van der Waals surface area (Å²) in [4.78, 5) is 23.7. The second kappa shape index (κ2) is 6.44. The minimum absolute atomic E-state index is 0.00872. The Balaban J connectivity index is 1.96. The topological polar surface area (TPSA) is 84.7 Å². The maximum Gasteiger partial charge on any atom is 0.269 e. The SMILES string of the molecule is CN(C(=O)CC1CNCCO1)c1ccc([N+](=O)[O-])cc1. The Morgan fingerprint density at radius 2 is 2.20 bits per heavy atom. The van der Waals surface area contributed by atoms with E-state index in [1.54, 1.807) is 19.2 Å². The molecule has 1 aliphatic rings. The van der Waals surface area contributed by atoms with Crippen molar-refractivity contribution in [1.82, 2.24) is 5.32 Å². The number of benzene rings is 1. The lowest BCUT2D eigenvalue weighted by molar-refractivity contribution is -0.384. The smallest absolute Gasteiger partial charge is 0.269 e. The van der Waals surface area contributed by atoms with Crippen molar-refractivity contribution in [2.45, 2.75) is 12.5 Å². The fourth-order valence-corrected chi connectivity index (χ4v) is 2.02. The molecular weight excluding hydrogens is 262 g/mol. The zero-order valence-electron chi connectivity index (χ0n) is 11.2. The van der Waals surface area contributed by atoms with Gasteiger partial charge in [0.1, 0.15) is 0 Å². The van der Waals surface area contributed by atoms with Crippen LogP contribution in [-0.2, 0) is 9.53 Å². The van der Waals surface area contributed by atoms with Crippen molar-refractivity contribution in [3.8, 4) is 0 Å². The van der Waals surface area contributed by atoms with Crippen molar-refractivity contribution in [3.05, 3.63) is 34.4 Å². The van der Waals surface area contributed by atoms with Crippen molar-refractivity contribution >= 4 is 17.3 Å². The summed E-state index contributed by atoms with van der Waals surface area (Å²) in [5.74, 6) is -0.0763. The van der Waals surface area contributed by atoms with Gasteiger partial charge >= 0.3 is 0 Å². The Labute approximate surface area is 116 Å². The fraction of sp³-hybridized carbons (Fsp3) is 0.462. The minimum atomic E-state index is -0.465. The van der Waals surface area contributed by atoms with Crippen molar-refractivity contribution in [2.75, 3.05) is 31.6 Å². The Morgan fingerprint density at radius 1 is 1.50 bits per heavy atom. The molecule has 108 valence electrons. The summed E-state index contributed by atoms with van der Waals surface area (Å²) in [5.41, 5.74) is 0.638. The predicted molar refractivity (Wildman–Crippen MR) is 73.7 cm³/mol. The molecule has 1 atom stereocenters. The van der Waals surface area contributed by atoms with Crippen LogP contribution in [0, 0.1) is 10.1 Å². The lowest BCUT2D eigenvalue weighted by Gasteiger charge is -2.25. The third kappa shape index (κ3) is 3.52. The lowest BCUT2D eigenvalue weighted by Crippen LogP contribution is -2.41. The number of ether oxygens (including phenoxy) is 1. The first-order valence-electron chi connectivity index (χ1n) is 6.41. The molecule has 0 aliphatic carbocycles. The van der Waals surface area contributed by atoms with Gasteiger partial charge in [0, 0.05) is 38.0 Å². The average Bonchev–Trinajstić information content (AvgIpc) is 2.47. The number of amides is 1. The molecule has 7 heteroatoms. The number of hydrogen-bond acceptors (Lipinski definition) is 5. The van der Waals surface area contributed by atoms with E-state index in [9.17, 15) is 14.9 Å². The number of carbonyl (C=O) groups excluding carboxylic acids is 1. The third-order valence-electron chi connectivity index (χ3n) is 3.23. The van der Waals surface area contributed by atoms with Crippen molar-refractivity contribution in [1.29, 1.82) is 0 Å². The number of carbonyl (C=O) groups is 1. The molecule has 20 heavy (non-hydrogen) atoms. The molecule has 1 heterocycles. The first-order chi connectivity index (χ1) is 9.58. The summed E-state index contributed by atoms with van der Waals surface area (Å²) in [6, 6.07) is 5.90. The first kappa shape index (κ1) is 14.4. The number of non-ortho nitro benzene ring substituents is 1. The van der Waals surface area contributed by atoms with E-state index in [1.807, 2.05) is 0 Å². The number of hydrogen-bond donors (Lipinski definition) is 1. The Bertz CT molecular complexity index is 483. The van der Waals surface area contributed by atoms with E-state index in [1.165, 1.54) is 17.0 Å². The number of rotatable bonds is 4. The lowest BCUT2D eigenvalue weighted by atomic mass is 10.2. The van der Waals surface area contributed by atoms with Crippen molar-refractivity contribution in [3.63, 3.8) is 0 Å². The average molecular weight is 279 g/mol. The van der Waals surface area contributed by atoms with Gasteiger partial charge in [-0.2, -0.15) is 0 Å². The largest absolute Gasteiger partial charge is 0.375 e. The van der Waals surface area contributed by atoms with E-state index in [0.717, 1.165) is 6.54 Å². The highest BCUT2D eigenvalue weighted by molar-refractivity contribution is 5.93. The van der Waals surface area contributed by atoms with Crippen molar-refractivity contribution in [2.24, 2.45) is 0 Å². The molecule has 7 nitrogen and oxygen atoms in total. The molecule has 1 saturated heterocycles. The number of nitro groups is 1. The number of morpholine rings is 1. The van der Waals surface area contributed by atoms with Gasteiger partial charge in [-0.25, -0.2) is 0 Å². The molecule has 0 bridgehead atoms. The summed E-state index contributed by atoms with van der Waals surface area (Å²) >= 11 is 0. The zero-order valence-corrected chi connectivity index (χ0v) is 11.2. The molecule has 0 radical (unpaired) electrons. The van der Waals surface area contributed by atoms with Gasteiger partial charge in [-0.1, -0.05) is 0 Å². The number of nitrogens with one attached hydrogen (secondary N) is 1. The van der Waals surface area contributed by atoms with E-state index >= 15 is 0 Å². The predicted octanol–water partition coefficient (Wildman–Crippen LogP) is 0.936. The van der Waals surface area contributed by atoms with Gasteiger partial charge < -0.3 is 15.0 Å². The molecular formula is C13H17N3O4. The van der Waals surface area contributed by atoms with Gasteiger partial charge in [0.05, 0.1) is 24.1 Å². The van der Waals surface area contributed by atoms with Gasteiger partial charge in [0.15, 0.2) is 0 Å². The van der Waals surface area contributed by atoms with E-state index in [0.29, 0.717) is 25.3 Å². The molecule has 0 saturated carbocycles. The maximum absolute atomic E-state index is 12.1. The van der Waals surface area contributed by atoms with Gasteiger partial charge in [0.25, 0.3) is 5.69 Å². The Kier molecular flexibility index (Phi) is 4.65. The van der Waals surface area contributed by atoms with Crippen LogP contribution in [0.4, 0.5) is 11.4 Å². The van der Waals surface area contributed by atoms with Crippen LogP contribution in [0.25, 0.3) is 0 Å². The molecule has 1 aliphatic heterocycles. The fourth-order valence-electron chi connectivity index (χ4n) is 2.02. The van der Waals surface area contributed by atoms with Gasteiger partial charge in [0.2, 0.25) is 5.91 Å².